The Balaban J connectivity index is 2.52. The largest absolute Gasteiger partial charge is 0.396 e. The standard InChI is InChI=1S/C13H21NO3S2/c1-18-11-3-2-9-14-19(16,17)13-6-4-12(5-7-13)8-10-15/h4-7,14-15H,2-3,8-11H2,1H3. The first-order chi connectivity index (χ1) is 9.10. The third-order valence-corrected chi connectivity index (χ3v) is 4.88. The van der Waals surface area contributed by atoms with Gasteiger partial charge in [0, 0.05) is 13.2 Å². The summed E-state index contributed by atoms with van der Waals surface area (Å²) in [6.07, 6.45) is 4.45. The molecule has 1 aromatic rings. The number of nitrogens with one attached hydrogen (secondary N) is 1. The summed E-state index contributed by atoms with van der Waals surface area (Å²) in [4.78, 5) is 0.277. The molecule has 1 rings (SSSR count). The van der Waals surface area contributed by atoms with Gasteiger partial charge < -0.3 is 5.11 Å². The minimum atomic E-state index is -3.40. The highest BCUT2D eigenvalue weighted by Crippen LogP contribution is 2.11. The quantitative estimate of drug-likeness (QED) is 0.681. The average Bonchev–Trinajstić information content (AvgIpc) is 2.39. The van der Waals surface area contributed by atoms with Gasteiger partial charge in [-0.05, 0) is 49.0 Å². The fraction of sp³-hybridized carbons (Fsp3) is 0.538. The Hall–Kier alpha value is -0.560. The zero-order valence-corrected chi connectivity index (χ0v) is 12.8. The monoisotopic (exact) mass is 303 g/mol. The number of aliphatic hydroxyl groups is 1. The van der Waals surface area contributed by atoms with Crippen molar-refractivity contribution in [1.29, 1.82) is 0 Å². The Labute approximate surface area is 119 Å². The van der Waals surface area contributed by atoms with Crippen LogP contribution >= 0.6 is 11.8 Å². The molecule has 0 heterocycles. The Kier molecular flexibility index (Phi) is 7.45. The van der Waals surface area contributed by atoms with Crippen LogP contribution in [0.5, 0.6) is 0 Å². The molecule has 0 aliphatic carbocycles. The van der Waals surface area contributed by atoms with Gasteiger partial charge >= 0.3 is 0 Å². The molecule has 0 saturated carbocycles. The molecule has 0 unspecified atom stereocenters. The maximum absolute atomic E-state index is 12.0. The molecule has 2 N–H and O–H groups in total. The summed E-state index contributed by atoms with van der Waals surface area (Å²) in [6, 6.07) is 6.63. The average molecular weight is 303 g/mol. The van der Waals surface area contributed by atoms with Crippen LogP contribution in [0.15, 0.2) is 29.2 Å². The zero-order valence-electron chi connectivity index (χ0n) is 11.1. The van der Waals surface area contributed by atoms with Crippen molar-refractivity contribution in [3.63, 3.8) is 0 Å². The minimum absolute atomic E-state index is 0.0692. The maximum atomic E-state index is 12.0. The van der Waals surface area contributed by atoms with E-state index in [0.717, 1.165) is 24.2 Å². The van der Waals surface area contributed by atoms with Gasteiger partial charge in [0.1, 0.15) is 0 Å². The molecule has 0 saturated heterocycles. The number of rotatable bonds is 9. The van der Waals surface area contributed by atoms with Crippen molar-refractivity contribution < 1.29 is 13.5 Å². The molecule has 0 aliphatic heterocycles. The minimum Gasteiger partial charge on any atom is -0.396 e. The third-order valence-electron chi connectivity index (χ3n) is 2.70. The number of hydrogen-bond donors (Lipinski definition) is 2. The van der Waals surface area contributed by atoms with E-state index in [9.17, 15) is 8.42 Å². The van der Waals surface area contributed by atoms with E-state index in [2.05, 4.69) is 4.72 Å². The highest BCUT2D eigenvalue weighted by atomic mass is 32.2. The van der Waals surface area contributed by atoms with E-state index < -0.39 is 10.0 Å². The lowest BCUT2D eigenvalue weighted by Crippen LogP contribution is -2.24. The van der Waals surface area contributed by atoms with Crippen LogP contribution in [0.25, 0.3) is 0 Å². The molecule has 0 aliphatic rings. The summed E-state index contributed by atoms with van der Waals surface area (Å²) < 4.78 is 26.5. The molecule has 0 bridgehead atoms. The Bertz CT molecular complexity index is 457. The normalized spacial score (nSPS) is 11.7. The summed E-state index contributed by atoms with van der Waals surface area (Å²) in [5.41, 5.74) is 0.932. The van der Waals surface area contributed by atoms with Crippen LogP contribution in [0.2, 0.25) is 0 Å². The van der Waals surface area contributed by atoms with Crippen LogP contribution < -0.4 is 4.72 Å². The summed E-state index contributed by atoms with van der Waals surface area (Å²) in [6.45, 7) is 0.543. The van der Waals surface area contributed by atoms with Gasteiger partial charge in [-0.25, -0.2) is 13.1 Å². The molecule has 4 nitrogen and oxygen atoms in total. The van der Waals surface area contributed by atoms with Crippen molar-refractivity contribution in [2.45, 2.75) is 24.2 Å². The molecular weight excluding hydrogens is 282 g/mol. The second kappa shape index (κ2) is 8.58. The molecule has 0 atom stereocenters. The van der Waals surface area contributed by atoms with Gasteiger partial charge in [0.15, 0.2) is 0 Å². The SMILES string of the molecule is CSCCCCNS(=O)(=O)c1ccc(CCO)cc1. The van der Waals surface area contributed by atoms with Crippen LogP contribution in [0, 0.1) is 0 Å². The van der Waals surface area contributed by atoms with Crippen LogP contribution in [0.1, 0.15) is 18.4 Å². The van der Waals surface area contributed by atoms with E-state index >= 15 is 0 Å². The van der Waals surface area contributed by atoms with E-state index in [4.69, 9.17) is 5.11 Å². The van der Waals surface area contributed by atoms with Gasteiger partial charge in [-0.3, -0.25) is 0 Å². The first kappa shape index (κ1) is 16.5. The number of benzene rings is 1. The smallest absolute Gasteiger partial charge is 0.240 e. The number of unbranched alkanes of at least 4 members (excludes halogenated alkanes) is 1. The number of aliphatic hydroxyl groups excluding tert-OH is 1. The highest BCUT2D eigenvalue weighted by Gasteiger charge is 2.12. The second-order valence-corrected chi connectivity index (χ2v) is 6.97. The van der Waals surface area contributed by atoms with Gasteiger partial charge in [0.25, 0.3) is 0 Å². The van der Waals surface area contributed by atoms with Crippen molar-refractivity contribution in [2.75, 3.05) is 25.2 Å². The molecule has 0 spiro atoms. The Morgan fingerprint density at radius 1 is 1.21 bits per heavy atom. The highest BCUT2D eigenvalue weighted by molar-refractivity contribution is 7.98. The van der Waals surface area contributed by atoms with Crippen molar-refractivity contribution >= 4 is 21.8 Å². The lowest BCUT2D eigenvalue weighted by molar-refractivity contribution is 0.299. The van der Waals surface area contributed by atoms with Crippen LogP contribution in [0.4, 0.5) is 0 Å². The molecule has 0 radical (unpaired) electrons. The topological polar surface area (TPSA) is 66.4 Å². The summed E-state index contributed by atoms with van der Waals surface area (Å²) >= 11 is 1.76. The van der Waals surface area contributed by atoms with Gasteiger partial charge in [0.05, 0.1) is 4.90 Å². The predicted molar refractivity (Wildman–Crippen MR) is 80.0 cm³/mol. The fourth-order valence-corrected chi connectivity index (χ4v) is 3.19. The lowest BCUT2D eigenvalue weighted by atomic mass is 10.2. The molecule has 6 heteroatoms. The Morgan fingerprint density at radius 2 is 1.89 bits per heavy atom. The van der Waals surface area contributed by atoms with Gasteiger partial charge in [-0.2, -0.15) is 11.8 Å². The van der Waals surface area contributed by atoms with E-state index in [1.165, 1.54) is 0 Å². The maximum Gasteiger partial charge on any atom is 0.240 e. The summed E-state index contributed by atoms with van der Waals surface area (Å²) in [5.74, 6) is 1.05. The van der Waals surface area contributed by atoms with Gasteiger partial charge in [0.2, 0.25) is 10.0 Å². The molecular formula is C13H21NO3S2. The third kappa shape index (κ3) is 5.95. The fourth-order valence-electron chi connectivity index (χ4n) is 1.63. The van der Waals surface area contributed by atoms with Crippen molar-refractivity contribution in [3.8, 4) is 0 Å². The van der Waals surface area contributed by atoms with E-state index in [0.29, 0.717) is 13.0 Å². The number of hydrogen-bond acceptors (Lipinski definition) is 4. The first-order valence-electron chi connectivity index (χ1n) is 6.28. The second-order valence-electron chi connectivity index (χ2n) is 4.22. The molecule has 0 fully saturated rings. The lowest BCUT2D eigenvalue weighted by Gasteiger charge is -2.07. The van der Waals surface area contributed by atoms with Crippen molar-refractivity contribution in [1.82, 2.24) is 4.72 Å². The number of sulfonamides is 1. The predicted octanol–water partition coefficient (Wildman–Crippen LogP) is 1.64. The van der Waals surface area contributed by atoms with E-state index in [1.807, 2.05) is 6.26 Å². The Morgan fingerprint density at radius 3 is 2.47 bits per heavy atom. The van der Waals surface area contributed by atoms with Crippen LogP contribution in [-0.4, -0.2) is 38.7 Å². The zero-order chi connectivity index (χ0) is 14.1. The molecule has 1 aromatic carbocycles. The summed E-state index contributed by atoms with van der Waals surface area (Å²) in [7, 11) is -3.40. The van der Waals surface area contributed by atoms with E-state index in [1.54, 1.807) is 36.0 Å². The molecule has 19 heavy (non-hydrogen) atoms. The van der Waals surface area contributed by atoms with Gasteiger partial charge in [-0.15, -0.1) is 0 Å². The molecule has 108 valence electrons. The molecule has 0 amide bonds. The van der Waals surface area contributed by atoms with Gasteiger partial charge in [-0.1, -0.05) is 12.1 Å². The van der Waals surface area contributed by atoms with Crippen molar-refractivity contribution in [3.05, 3.63) is 29.8 Å². The van der Waals surface area contributed by atoms with E-state index in [-0.39, 0.29) is 11.5 Å². The van der Waals surface area contributed by atoms with Crippen molar-refractivity contribution in [2.24, 2.45) is 0 Å². The number of thioether (sulfide) groups is 1. The molecule has 0 aromatic heterocycles. The first-order valence-corrected chi connectivity index (χ1v) is 9.16. The summed E-state index contributed by atoms with van der Waals surface area (Å²) in [5, 5.41) is 8.80. The van der Waals surface area contributed by atoms with Crippen LogP contribution in [0.3, 0.4) is 0 Å². The van der Waals surface area contributed by atoms with Crippen LogP contribution in [-0.2, 0) is 16.4 Å².